The Morgan fingerprint density at radius 2 is 1.76 bits per heavy atom. The summed E-state index contributed by atoms with van der Waals surface area (Å²) in [5.41, 5.74) is 2.14. The molecule has 1 aromatic carbocycles. The molecule has 0 bridgehead atoms. The first-order valence-corrected chi connectivity index (χ1v) is 6.30. The fourth-order valence-electron chi connectivity index (χ4n) is 2.10. The number of hydrogen-bond donors (Lipinski definition) is 1. The lowest BCUT2D eigenvalue weighted by molar-refractivity contribution is 0.114. The van der Waals surface area contributed by atoms with Crippen molar-refractivity contribution in [1.29, 1.82) is 0 Å². The summed E-state index contributed by atoms with van der Waals surface area (Å²) >= 11 is 0. The monoisotopic (exact) mass is 232 g/mol. The van der Waals surface area contributed by atoms with Gasteiger partial charge >= 0.3 is 0 Å². The van der Waals surface area contributed by atoms with Gasteiger partial charge in [0.2, 0.25) is 0 Å². The Hall–Kier alpha value is -1.08. The van der Waals surface area contributed by atoms with Gasteiger partial charge in [0, 0.05) is 5.92 Å². The molecule has 0 saturated heterocycles. The third-order valence-corrected chi connectivity index (χ3v) is 3.37. The van der Waals surface area contributed by atoms with Gasteiger partial charge in [-0.25, -0.2) is 0 Å². The van der Waals surface area contributed by atoms with Gasteiger partial charge in [0.25, 0.3) is 0 Å². The van der Waals surface area contributed by atoms with E-state index >= 15 is 0 Å². The Kier molecular flexibility index (Phi) is 4.53. The molecule has 0 saturated carbocycles. The zero-order chi connectivity index (χ0) is 13.1. The van der Waals surface area contributed by atoms with Crippen LogP contribution in [-0.2, 0) is 0 Å². The van der Waals surface area contributed by atoms with Crippen LogP contribution < -0.4 is 0 Å². The van der Waals surface area contributed by atoms with E-state index in [0.29, 0.717) is 0 Å². The Labute approximate surface area is 105 Å². The molecule has 1 rings (SSSR count). The summed E-state index contributed by atoms with van der Waals surface area (Å²) in [6.07, 6.45) is 0.458. The van der Waals surface area contributed by atoms with Gasteiger partial charge < -0.3 is 5.11 Å². The maximum absolute atomic E-state index is 10.5. The van der Waals surface area contributed by atoms with Gasteiger partial charge in [0.15, 0.2) is 0 Å². The van der Waals surface area contributed by atoms with Crippen molar-refractivity contribution in [3.63, 3.8) is 0 Å². The second-order valence-electron chi connectivity index (χ2n) is 5.65. The van der Waals surface area contributed by atoms with Crippen LogP contribution in [0.5, 0.6) is 0 Å². The molecular weight excluding hydrogens is 208 g/mol. The fraction of sp³-hybridized carbons (Fsp3) is 0.500. The number of hydrogen-bond acceptors (Lipinski definition) is 1. The van der Waals surface area contributed by atoms with E-state index in [4.69, 9.17) is 0 Å². The van der Waals surface area contributed by atoms with Crippen LogP contribution >= 0.6 is 0 Å². The molecule has 0 amide bonds. The van der Waals surface area contributed by atoms with Crippen LogP contribution in [0.2, 0.25) is 0 Å². The molecule has 0 spiro atoms. The Balaban J connectivity index is 2.93. The smallest absolute Gasteiger partial charge is 0.0855 e. The number of aliphatic hydroxyl groups is 1. The lowest BCUT2D eigenvalue weighted by atomic mass is 9.75. The predicted molar refractivity (Wildman–Crippen MR) is 73.8 cm³/mol. The third kappa shape index (κ3) is 3.44. The number of benzene rings is 1. The third-order valence-electron chi connectivity index (χ3n) is 3.37. The van der Waals surface area contributed by atoms with Crippen molar-refractivity contribution < 1.29 is 5.11 Å². The van der Waals surface area contributed by atoms with Crippen LogP contribution in [0.4, 0.5) is 0 Å². The molecule has 0 radical (unpaired) electrons. The van der Waals surface area contributed by atoms with Crippen molar-refractivity contribution in [2.45, 2.75) is 40.2 Å². The van der Waals surface area contributed by atoms with E-state index in [2.05, 4.69) is 34.3 Å². The topological polar surface area (TPSA) is 20.2 Å². The highest BCUT2D eigenvalue weighted by molar-refractivity contribution is 5.22. The molecule has 0 aromatic heterocycles. The van der Waals surface area contributed by atoms with Crippen molar-refractivity contribution in [2.75, 3.05) is 0 Å². The normalized spacial score (nSPS) is 15.4. The molecule has 0 aliphatic carbocycles. The van der Waals surface area contributed by atoms with Crippen molar-refractivity contribution in [1.82, 2.24) is 0 Å². The molecule has 0 unspecified atom stereocenters. The first-order valence-electron chi connectivity index (χ1n) is 6.30. The van der Waals surface area contributed by atoms with Crippen LogP contribution in [-0.4, -0.2) is 5.11 Å². The highest BCUT2D eigenvalue weighted by Gasteiger charge is 2.28. The molecule has 0 aliphatic heterocycles. The fourth-order valence-corrected chi connectivity index (χ4v) is 2.10. The van der Waals surface area contributed by atoms with Crippen LogP contribution in [0.25, 0.3) is 0 Å². The second-order valence-corrected chi connectivity index (χ2v) is 5.65. The molecule has 0 fully saturated rings. The van der Waals surface area contributed by atoms with E-state index in [1.165, 1.54) is 0 Å². The van der Waals surface area contributed by atoms with Crippen molar-refractivity contribution >= 4 is 0 Å². The lowest BCUT2D eigenvalue weighted by Crippen LogP contribution is -2.22. The summed E-state index contributed by atoms with van der Waals surface area (Å²) in [6, 6.07) is 9.85. The van der Waals surface area contributed by atoms with Gasteiger partial charge in [0.1, 0.15) is 0 Å². The molecule has 1 aromatic rings. The highest BCUT2D eigenvalue weighted by Crippen LogP contribution is 2.38. The molecule has 17 heavy (non-hydrogen) atoms. The maximum atomic E-state index is 10.5. The largest absolute Gasteiger partial charge is 0.388 e. The van der Waals surface area contributed by atoms with E-state index in [9.17, 15) is 5.11 Å². The molecule has 0 aliphatic rings. The van der Waals surface area contributed by atoms with E-state index in [1.807, 2.05) is 30.3 Å². The summed E-state index contributed by atoms with van der Waals surface area (Å²) in [6.45, 7) is 12.7. The lowest BCUT2D eigenvalue weighted by Gasteiger charge is -2.32. The van der Waals surface area contributed by atoms with Crippen molar-refractivity contribution in [3.8, 4) is 0 Å². The van der Waals surface area contributed by atoms with Gasteiger partial charge in [-0.05, 0) is 17.4 Å². The first kappa shape index (κ1) is 14.0. The zero-order valence-corrected chi connectivity index (χ0v) is 11.4. The summed E-state index contributed by atoms with van der Waals surface area (Å²) < 4.78 is 0. The molecule has 0 heterocycles. The number of rotatable bonds is 4. The van der Waals surface area contributed by atoms with E-state index < -0.39 is 6.10 Å². The Morgan fingerprint density at radius 1 is 1.24 bits per heavy atom. The first-order chi connectivity index (χ1) is 7.88. The molecule has 1 nitrogen and oxygen atoms in total. The van der Waals surface area contributed by atoms with E-state index in [1.54, 1.807) is 0 Å². The van der Waals surface area contributed by atoms with Crippen molar-refractivity contribution in [3.05, 3.63) is 48.0 Å². The van der Waals surface area contributed by atoms with Crippen molar-refractivity contribution in [2.24, 2.45) is 11.3 Å². The molecule has 1 N–H and O–H groups in total. The minimum absolute atomic E-state index is 0.0381. The maximum Gasteiger partial charge on any atom is 0.0855 e. The van der Waals surface area contributed by atoms with Crippen LogP contribution in [0, 0.1) is 11.3 Å². The summed E-state index contributed by atoms with van der Waals surface area (Å²) in [4.78, 5) is 0. The number of aliphatic hydroxyl groups excluding tert-OH is 1. The SMILES string of the molecule is C=C([C@@H](CC)[C@@H](O)c1ccccc1)C(C)(C)C. The zero-order valence-electron chi connectivity index (χ0n) is 11.4. The van der Waals surface area contributed by atoms with Crippen LogP contribution in [0.1, 0.15) is 45.8 Å². The summed E-state index contributed by atoms with van der Waals surface area (Å²) in [5, 5.41) is 10.5. The quantitative estimate of drug-likeness (QED) is 0.765. The molecule has 94 valence electrons. The Morgan fingerprint density at radius 3 is 2.18 bits per heavy atom. The van der Waals surface area contributed by atoms with Gasteiger partial charge in [-0.3, -0.25) is 0 Å². The molecule has 2 atom stereocenters. The van der Waals surface area contributed by atoms with Gasteiger partial charge in [-0.2, -0.15) is 0 Å². The highest BCUT2D eigenvalue weighted by atomic mass is 16.3. The van der Waals surface area contributed by atoms with Gasteiger partial charge in [0.05, 0.1) is 6.10 Å². The average Bonchev–Trinajstić information content (AvgIpc) is 2.29. The minimum atomic E-state index is -0.451. The van der Waals surface area contributed by atoms with Gasteiger partial charge in [-0.15, -0.1) is 0 Å². The van der Waals surface area contributed by atoms with E-state index in [-0.39, 0.29) is 11.3 Å². The summed E-state index contributed by atoms with van der Waals surface area (Å²) in [5.74, 6) is 0.123. The second kappa shape index (κ2) is 5.50. The molecular formula is C16H24O. The standard InChI is InChI=1S/C16H24O/c1-6-14(12(2)16(3,4)5)15(17)13-10-8-7-9-11-13/h7-11,14-15,17H,2,6H2,1,3-5H3/t14-,15+/m1/s1. The van der Waals surface area contributed by atoms with Gasteiger partial charge in [-0.1, -0.05) is 70.2 Å². The minimum Gasteiger partial charge on any atom is -0.388 e. The summed E-state index contributed by atoms with van der Waals surface area (Å²) in [7, 11) is 0. The average molecular weight is 232 g/mol. The van der Waals surface area contributed by atoms with Crippen LogP contribution in [0.3, 0.4) is 0 Å². The molecule has 1 heteroatoms. The Bertz CT molecular complexity index is 359. The van der Waals surface area contributed by atoms with Crippen LogP contribution in [0.15, 0.2) is 42.5 Å². The van der Waals surface area contributed by atoms with E-state index in [0.717, 1.165) is 17.6 Å². The predicted octanol–water partition coefficient (Wildman–Crippen LogP) is 4.35.